The second kappa shape index (κ2) is 5.85. The van der Waals surface area contributed by atoms with E-state index in [-0.39, 0.29) is 23.0 Å². The normalized spacial score (nSPS) is 12.9. The number of sulfonamides is 1. The number of benzene rings is 1. The van der Waals surface area contributed by atoms with Crippen LogP contribution in [0.3, 0.4) is 0 Å². The molecule has 6 heteroatoms. The third-order valence-corrected chi connectivity index (χ3v) is 3.88. The molecule has 0 aliphatic rings. The van der Waals surface area contributed by atoms with Gasteiger partial charge >= 0.3 is 0 Å². The summed E-state index contributed by atoms with van der Waals surface area (Å²) in [6.45, 7) is 1.81. The van der Waals surface area contributed by atoms with Crippen LogP contribution in [0.15, 0.2) is 23.1 Å². The van der Waals surface area contributed by atoms with Crippen molar-refractivity contribution in [2.24, 2.45) is 0 Å². The highest BCUT2D eigenvalue weighted by Gasteiger charge is 2.19. The molecule has 4 nitrogen and oxygen atoms in total. The molecule has 0 saturated heterocycles. The summed E-state index contributed by atoms with van der Waals surface area (Å²) in [5.41, 5.74) is 5.47. The summed E-state index contributed by atoms with van der Waals surface area (Å²) < 4.78 is 39.5. The van der Waals surface area contributed by atoms with Crippen molar-refractivity contribution in [3.05, 3.63) is 24.0 Å². The highest BCUT2D eigenvalue weighted by atomic mass is 32.2. The minimum absolute atomic E-state index is 0.0559. The first kappa shape index (κ1) is 14.5. The Morgan fingerprint density at radius 1 is 1.50 bits per heavy atom. The maximum Gasteiger partial charge on any atom is 0.241 e. The van der Waals surface area contributed by atoms with Crippen molar-refractivity contribution in [2.45, 2.75) is 30.7 Å². The molecule has 0 aromatic heterocycles. The van der Waals surface area contributed by atoms with Gasteiger partial charge in [-0.2, -0.15) is 0 Å². The second-order valence-corrected chi connectivity index (χ2v) is 5.57. The van der Waals surface area contributed by atoms with E-state index in [0.717, 1.165) is 12.1 Å². The Bertz CT molecular complexity index is 544. The summed E-state index contributed by atoms with van der Waals surface area (Å²) in [6.07, 6.45) is 5.97. The molecule has 0 saturated carbocycles. The van der Waals surface area contributed by atoms with Gasteiger partial charge in [-0.3, -0.25) is 0 Å². The first-order valence-corrected chi connectivity index (χ1v) is 6.89. The summed E-state index contributed by atoms with van der Waals surface area (Å²) in [7, 11) is -3.80. The molecular formula is C12H15FN2O2S. The van der Waals surface area contributed by atoms with Crippen LogP contribution >= 0.6 is 0 Å². The van der Waals surface area contributed by atoms with Gasteiger partial charge in [0, 0.05) is 18.2 Å². The Morgan fingerprint density at radius 2 is 2.17 bits per heavy atom. The van der Waals surface area contributed by atoms with E-state index < -0.39 is 15.8 Å². The fraction of sp³-hybridized carbons (Fsp3) is 0.333. The van der Waals surface area contributed by atoms with E-state index in [4.69, 9.17) is 12.2 Å². The van der Waals surface area contributed by atoms with Crippen molar-refractivity contribution < 1.29 is 12.8 Å². The average molecular weight is 270 g/mol. The molecule has 1 aromatic rings. The molecule has 1 aromatic carbocycles. The van der Waals surface area contributed by atoms with Gasteiger partial charge in [-0.15, -0.1) is 12.3 Å². The molecule has 1 atom stereocenters. The Kier molecular flexibility index (Phi) is 4.70. The summed E-state index contributed by atoms with van der Waals surface area (Å²) in [4.78, 5) is -0.199. The Morgan fingerprint density at radius 3 is 2.67 bits per heavy atom. The van der Waals surface area contributed by atoms with Crippen LogP contribution in [0.25, 0.3) is 0 Å². The number of nitrogens with one attached hydrogen (secondary N) is 1. The second-order valence-electron chi connectivity index (χ2n) is 3.85. The van der Waals surface area contributed by atoms with E-state index >= 15 is 0 Å². The lowest BCUT2D eigenvalue weighted by Crippen LogP contribution is -2.34. The van der Waals surface area contributed by atoms with Gasteiger partial charge in [-0.05, 0) is 24.6 Å². The van der Waals surface area contributed by atoms with Crippen molar-refractivity contribution in [1.29, 1.82) is 0 Å². The molecule has 3 N–H and O–H groups in total. The fourth-order valence-electron chi connectivity index (χ4n) is 1.44. The van der Waals surface area contributed by atoms with Crippen LogP contribution in [0.2, 0.25) is 0 Å². The summed E-state index contributed by atoms with van der Waals surface area (Å²) in [5, 5.41) is 0. The molecule has 0 heterocycles. The molecule has 0 fully saturated rings. The molecule has 1 unspecified atom stereocenters. The Hall–Kier alpha value is -1.58. The largest absolute Gasteiger partial charge is 0.399 e. The average Bonchev–Trinajstić information content (AvgIpc) is 2.27. The first-order valence-electron chi connectivity index (χ1n) is 5.41. The zero-order chi connectivity index (χ0) is 13.8. The number of halogens is 1. The van der Waals surface area contributed by atoms with Crippen molar-refractivity contribution in [2.75, 3.05) is 5.73 Å². The molecule has 0 bridgehead atoms. The van der Waals surface area contributed by atoms with E-state index in [1.165, 1.54) is 6.07 Å². The molecule has 0 amide bonds. The molecule has 0 aliphatic heterocycles. The lowest BCUT2D eigenvalue weighted by atomic mass is 10.2. The highest BCUT2D eigenvalue weighted by molar-refractivity contribution is 7.89. The van der Waals surface area contributed by atoms with E-state index in [1.54, 1.807) is 0 Å². The number of terminal acetylenes is 1. The zero-order valence-electron chi connectivity index (χ0n) is 9.98. The lowest BCUT2D eigenvalue weighted by Gasteiger charge is -2.14. The number of rotatable bonds is 5. The minimum Gasteiger partial charge on any atom is -0.399 e. The van der Waals surface area contributed by atoms with Crippen LogP contribution < -0.4 is 10.5 Å². The number of hydrogen-bond donors (Lipinski definition) is 2. The summed E-state index contributed by atoms with van der Waals surface area (Å²) in [5.74, 6) is 1.70. The number of anilines is 1. The van der Waals surface area contributed by atoms with Gasteiger partial charge in [0.25, 0.3) is 0 Å². The highest BCUT2D eigenvalue weighted by Crippen LogP contribution is 2.16. The van der Waals surface area contributed by atoms with Crippen LogP contribution in [0, 0.1) is 18.2 Å². The number of nitrogen functional groups attached to an aromatic ring is 1. The molecule has 98 valence electrons. The molecule has 18 heavy (non-hydrogen) atoms. The number of hydrogen-bond acceptors (Lipinski definition) is 3. The first-order chi connectivity index (χ1) is 8.39. The SMILES string of the molecule is C#CCC(CC)NS(=O)(=O)c1cc(N)cc(F)c1. The lowest BCUT2D eigenvalue weighted by molar-refractivity contribution is 0.542. The predicted octanol–water partition coefficient (Wildman–Crippen LogP) is 1.49. The predicted molar refractivity (Wildman–Crippen MR) is 68.7 cm³/mol. The summed E-state index contributed by atoms with van der Waals surface area (Å²) >= 11 is 0. The van der Waals surface area contributed by atoms with Crippen molar-refractivity contribution in [3.8, 4) is 12.3 Å². The van der Waals surface area contributed by atoms with Gasteiger partial charge in [0.2, 0.25) is 10.0 Å². The molecule has 0 aliphatic carbocycles. The number of nitrogens with two attached hydrogens (primary N) is 1. The smallest absolute Gasteiger partial charge is 0.241 e. The third kappa shape index (κ3) is 3.72. The van der Waals surface area contributed by atoms with Gasteiger partial charge < -0.3 is 5.73 Å². The van der Waals surface area contributed by atoms with Crippen LogP contribution in [0.1, 0.15) is 19.8 Å². The Balaban J connectivity index is 3.03. The molecular weight excluding hydrogens is 255 g/mol. The van der Waals surface area contributed by atoms with E-state index in [1.807, 2.05) is 6.92 Å². The van der Waals surface area contributed by atoms with Gasteiger partial charge in [-0.25, -0.2) is 17.5 Å². The topological polar surface area (TPSA) is 72.2 Å². The standard InChI is InChI=1S/C12H15FN2O2S/c1-3-5-11(4-2)15-18(16,17)12-7-9(13)6-10(14)8-12/h1,6-8,11,15H,4-5,14H2,2H3. The van der Waals surface area contributed by atoms with Crippen molar-refractivity contribution >= 4 is 15.7 Å². The van der Waals surface area contributed by atoms with Gasteiger partial charge in [-0.1, -0.05) is 6.92 Å². The van der Waals surface area contributed by atoms with Crippen LogP contribution in [0.4, 0.5) is 10.1 Å². The Labute approximate surface area is 106 Å². The molecule has 1 rings (SSSR count). The monoisotopic (exact) mass is 270 g/mol. The van der Waals surface area contributed by atoms with Crippen molar-refractivity contribution in [1.82, 2.24) is 4.72 Å². The fourth-order valence-corrected chi connectivity index (χ4v) is 2.82. The third-order valence-electron chi connectivity index (χ3n) is 2.38. The van der Waals surface area contributed by atoms with Crippen LogP contribution in [-0.4, -0.2) is 14.5 Å². The molecule has 0 radical (unpaired) electrons. The quantitative estimate of drug-likeness (QED) is 0.629. The summed E-state index contributed by atoms with van der Waals surface area (Å²) in [6, 6.07) is 2.80. The zero-order valence-corrected chi connectivity index (χ0v) is 10.8. The molecule has 0 spiro atoms. The maximum atomic E-state index is 13.1. The van der Waals surface area contributed by atoms with Crippen LogP contribution in [0.5, 0.6) is 0 Å². The van der Waals surface area contributed by atoms with Gasteiger partial charge in [0.1, 0.15) is 5.82 Å². The van der Waals surface area contributed by atoms with Crippen LogP contribution in [-0.2, 0) is 10.0 Å². The van der Waals surface area contributed by atoms with Gasteiger partial charge in [0.05, 0.1) is 4.90 Å². The van der Waals surface area contributed by atoms with E-state index in [2.05, 4.69) is 10.6 Å². The van der Waals surface area contributed by atoms with Gasteiger partial charge in [0.15, 0.2) is 0 Å². The minimum atomic E-state index is -3.80. The van der Waals surface area contributed by atoms with Crippen molar-refractivity contribution in [3.63, 3.8) is 0 Å². The van der Waals surface area contributed by atoms with E-state index in [0.29, 0.717) is 6.42 Å². The van der Waals surface area contributed by atoms with E-state index in [9.17, 15) is 12.8 Å². The maximum absolute atomic E-state index is 13.1.